The molecule has 2 rings (SSSR count). The van der Waals surface area contributed by atoms with Gasteiger partial charge in [-0.15, -0.1) is 15.3 Å². The van der Waals surface area contributed by atoms with Gasteiger partial charge in [0.15, 0.2) is 11.0 Å². The Labute approximate surface area is 150 Å². The van der Waals surface area contributed by atoms with Crippen LogP contribution in [0.5, 0.6) is 5.88 Å². The van der Waals surface area contributed by atoms with Gasteiger partial charge in [0.1, 0.15) is 10.8 Å². The van der Waals surface area contributed by atoms with Crippen LogP contribution >= 0.6 is 11.8 Å². The van der Waals surface area contributed by atoms with Gasteiger partial charge in [0.25, 0.3) is 0 Å². The zero-order valence-corrected chi connectivity index (χ0v) is 15.9. The van der Waals surface area contributed by atoms with Crippen LogP contribution in [0.15, 0.2) is 11.4 Å². The summed E-state index contributed by atoms with van der Waals surface area (Å²) in [7, 11) is 6.38. The molecule has 2 aromatic heterocycles. The fourth-order valence-electron chi connectivity index (χ4n) is 2.29. The number of nitrogens with zero attached hydrogens (tertiary/aromatic N) is 5. The lowest BCUT2D eigenvalue weighted by molar-refractivity contribution is -0.140. The summed E-state index contributed by atoms with van der Waals surface area (Å²) in [5.74, 6) is 0.795. The number of hydrogen-bond acceptors (Lipinski definition) is 8. The van der Waals surface area contributed by atoms with Crippen molar-refractivity contribution in [2.75, 3.05) is 27.9 Å². The molecule has 2 aromatic rings. The Bertz CT molecular complexity index is 715. The van der Waals surface area contributed by atoms with E-state index < -0.39 is 0 Å². The van der Waals surface area contributed by atoms with Crippen LogP contribution < -0.4 is 4.74 Å². The van der Waals surface area contributed by atoms with E-state index in [1.54, 1.807) is 18.9 Å². The topological polar surface area (TPSA) is 93.3 Å². The van der Waals surface area contributed by atoms with Crippen LogP contribution in [0.2, 0.25) is 0 Å². The number of aromatic nitrogens is 5. The molecule has 0 aromatic carbocycles. The Morgan fingerprint density at radius 2 is 2.08 bits per heavy atom. The molecule has 0 aliphatic heterocycles. The van der Waals surface area contributed by atoms with E-state index in [1.165, 1.54) is 18.9 Å². The van der Waals surface area contributed by atoms with Crippen molar-refractivity contribution in [2.45, 2.75) is 30.3 Å². The summed E-state index contributed by atoms with van der Waals surface area (Å²) in [4.78, 5) is 11.9. The van der Waals surface area contributed by atoms with Crippen LogP contribution in [0.3, 0.4) is 0 Å². The van der Waals surface area contributed by atoms with E-state index in [9.17, 15) is 4.79 Å². The highest BCUT2D eigenvalue weighted by atomic mass is 32.2. The summed E-state index contributed by atoms with van der Waals surface area (Å²) in [6.45, 7) is 2.95. The average molecular weight is 369 g/mol. The van der Waals surface area contributed by atoms with Crippen LogP contribution in [-0.4, -0.2) is 63.7 Å². The first-order valence-corrected chi connectivity index (χ1v) is 8.68. The molecule has 0 radical (unpaired) electrons. The summed E-state index contributed by atoms with van der Waals surface area (Å²) in [6.07, 6.45) is 2.44. The monoisotopic (exact) mass is 369 g/mol. The van der Waals surface area contributed by atoms with Crippen molar-refractivity contribution in [3.8, 4) is 17.3 Å². The number of aryl methyl sites for hydroxylation is 1. The minimum absolute atomic E-state index is 0.283. The average Bonchev–Trinajstić information content (AvgIpc) is 3.19. The first-order valence-electron chi connectivity index (χ1n) is 7.80. The minimum Gasteiger partial charge on any atom is -0.479 e. The van der Waals surface area contributed by atoms with Gasteiger partial charge in [-0.3, -0.25) is 14.0 Å². The molecule has 10 heteroatoms. The van der Waals surface area contributed by atoms with Gasteiger partial charge in [-0.2, -0.15) is 0 Å². The molecule has 0 bridgehead atoms. The van der Waals surface area contributed by atoms with Gasteiger partial charge in [0, 0.05) is 20.4 Å². The number of ether oxygens (including phenoxy) is 3. The van der Waals surface area contributed by atoms with Crippen molar-refractivity contribution in [1.82, 2.24) is 24.5 Å². The van der Waals surface area contributed by atoms with Crippen molar-refractivity contribution in [2.24, 2.45) is 7.05 Å². The summed E-state index contributed by atoms with van der Waals surface area (Å²) in [5, 5.41) is 13.1. The highest BCUT2D eigenvalue weighted by Crippen LogP contribution is 2.32. The number of hydrogen-bond donors (Lipinski definition) is 0. The van der Waals surface area contributed by atoms with E-state index in [0.717, 1.165) is 5.56 Å². The number of rotatable bonds is 9. The van der Waals surface area contributed by atoms with E-state index in [1.807, 2.05) is 24.7 Å². The van der Waals surface area contributed by atoms with E-state index in [0.29, 0.717) is 36.4 Å². The zero-order valence-electron chi connectivity index (χ0n) is 15.1. The third-order valence-electron chi connectivity index (χ3n) is 3.55. The summed E-state index contributed by atoms with van der Waals surface area (Å²) in [6, 6.07) is 0. The lowest BCUT2D eigenvalue weighted by atomic mass is 10.3. The van der Waals surface area contributed by atoms with E-state index in [-0.39, 0.29) is 11.2 Å². The van der Waals surface area contributed by atoms with Crippen molar-refractivity contribution in [1.29, 1.82) is 0 Å². The largest absolute Gasteiger partial charge is 0.479 e. The Morgan fingerprint density at radius 1 is 1.32 bits per heavy atom. The van der Waals surface area contributed by atoms with E-state index in [4.69, 9.17) is 14.2 Å². The maximum Gasteiger partial charge on any atom is 0.319 e. The lowest BCUT2D eigenvalue weighted by Gasteiger charge is -2.13. The second-order valence-electron chi connectivity index (χ2n) is 5.21. The third-order valence-corrected chi connectivity index (χ3v) is 4.87. The Balaban J connectivity index is 2.41. The molecular weight excluding hydrogens is 346 g/mol. The molecule has 2 heterocycles. The molecule has 138 valence electrons. The number of carbonyl (C=O) groups excluding carboxylic acids is 1. The first-order chi connectivity index (χ1) is 12.0. The Hall–Kier alpha value is -2.07. The number of esters is 1. The molecule has 0 fully saturated rings. The molecule has 0 N–H and O–H groups in total. The van der Waals surface area contributed by atoms with Crippen molar-refractivity contribution in [3.05, 3.63) is 6.20 Å². The maximum atomic E-state index is 11.9. The Kier molecular flexibility index (Phi) is 6.82. The van der Waals surface area contributed by atoms with Crippen molar-refractivity contribution >= 4 is 17.7 Å². The van der Waals surface area contributed by atoms with Crippen LogP contribution in [0.25, 0.3) is 11.4 Å². The van der Waals surface area contributed by atoms with Crippen LogP contribution in [-0.2, 0) is 27.9 Å². The molecule has 0 aliphatic carbocycles. The number of methoxy groups -OCH3 is 3. The smallest absolute Gasteiger partial charge is 0.319 e. The summed E-state index contributed by atoms with van der Waals surface area (Å²) >= 11 is 1.33. The van der Waals surface area contributed by atoms with Gasteiger partial charge < -0.3 is 14.2 Å². The van der Waals surface area contributed by atoms with Gasteiger partial charge in [-0.25, -0.2) is 0 Å². The molecule has 0 amide bonds. The second kappa shape index (κ2) is 8.86. The van der Waals surface area contributed by atoms with Gasteiger partial charge in [-0.05, 0) is 6.42 Å². The summed E-state index contributed by atoms with van der Waals surface area (Å²) < 4.78 is 18.9. The fourth-order valence-corrected chi connectivity index (χ4v) is 3.29. The predicted molar refractivity (Wildman–Crippen MR) is 92.6 cm³/mol. The fraction of sp³-hybridized carbons (Fsp3) is 0.600. The minimum atomic E-state index is -0.348. The molecule has 1 unspecified atom stereocenters. The first kappa shape index (κ1) is 19.3. The summed E-state index contributed by atoms with van der Waals surface area (Å²) in [5.41, 5.74) is 0.728. The predicted octanol–water partition coefficient (Wildman–Crippen LogP) is 1.38. The van der Waals surface area contributed by atoms with Crippen molar-refractivity contribution < 1.29 is 19.0 Å². The lowest BCUT2D eigenvalue weighted by Crippen LogP contribution is -2.19. The molecule has 1 atom stereocenters. The third kappa shape index (κ3) is 4.31. The number of carbonyl (C=O) groups is 1. The number of thioether (sulfide) groups is 1. The Morgan fingerprint density at radius 3 is 2.68 bits per heavy atom. The molecule has 0 saturated carbocycles. The molecule has 9 nitrogen and oxygen atoms in total. The molecule has 25 heavy (non-hydrogen) atoms. The zero-order chi connectivity index (χ0) is 18.4. The quantitative estimate of drug-likeness (QED) is 0.483. The highest BCUT2D eigenvalue weighted by molar-refractivity contribution is 8.00. The van der Waals surface area contributed by atoms with Crippen LogP contribution in [0, 0.1) is 0 Å². The molecule has 0 spiro atoms. The molecular formula is C15H23N5O4S. The highest BCUT2D eigenvalue weighted by Gasteiger charge is 2.25. The van der Waals surface area contributed by atoms with Gasteiger partial charge >= 0.3 is 5.97 Å². The SMILES string of the molecule is CCC(Sc1nnc(-c2cn(C)nc2OC)n1CCOC)C(=O)OC. The van der Waals surface area contributed by atoms with Crippen LogP contribution in [0.4, 0.5) is 0 Å². The standard InChI is InChI=1S/C15H23N5O4S/c1-6-11(14(21)24-5)25-15-17-16-12(20(15)7-8-22-3)10-9-19(2)18-13(10)23-4/h9,11H,6-8H2,1-5H3. The van der Waals surface area contributed by atoms with Crippen molar-refractivity contribution in [3.63, 3.8) is 0 Å². The normalized spacial score (nSPS) is 12.2. The maximum absolute atomic E-state index is 11.9. The van der Waals surface area contributed by atoms with E-state index in [2.05, 4.69) is 15.3 Å². The molecule has 0 saturated heterocycles. The van der Waals surface area contributed by atoms with Crippen LogP contribution in [0.1, 0.15) is 13.3 Å². The van der Waals surface area contributed by atoms with Gasteiger partial charge in [0.2, 0.25) is 5.88 Å². The van der Waals surface area contributed by atoms with Gasteiger partial charge in [0.05, 0.1) is 27.4 Å². The second-order valence-corrected chi connectivity index (χ2v) is 6.38. The van der Waals surface area contributed by atoms with Gasteiger partial charge in [-0.1, -0.05) is 18.7 Å². The molecule has 0 aliphatic rings. The van der Waals surface area contributed by atoms with E-state index >= 15 is 0 Å².